The summed E-state index contributed by atoms with van der Waals surface area (Å²) in [7, 11) is 0. The molecule has 16 heavy (non-hydrogen) atoms. The Labute approximate surface area is 102 Å². The lowest BCUT2D eigenvalue weighted by molar-refractivity contribution is 0.184. The zero-order valence-corrected chi connectivity index (χ0v) is 9.83. The molecule has 1 aromatic carbocycles. The van der Waals surface area contributed by atoms with Crippen molar-refractivity contribution in [3.05, 3.63) is 34.1 Å². The van der Waals surface area contributed by atoms with Gasteiger partial charge in [0.15, 0.2) is 5.82 Å². The van der Waals surface area contributed by atoms with Crippen molar-refractivity contribution in [2.75, 3.05) is 0 Å². The van der Waals surface area contributed by atoms with Crippen LogP contribution in [0.5, 0.6) is 0 Å². The molecule has 0 aliphatic rings. The number of rotatable bonds is 2. The van der Waals surface area contributed by atoms with Gasteiger partial charge in [0.25, 0.3) is 5.89 Å². The average molecular weight is 259 g/mol. The summed E-state index contributed by atoms with van der Waals surface area (Å²) in [6.45, 7) is 1.54. The average Bonchev–Trinajstić information content (AvgIpc) is 2.66. The zero-order valence-electron chi connectivity index (χ0n) is 8.32. The smallest absolute Gasteiger partial charge is 0.261 e. The fraction of sp³-hybridized carbons (Fsp3) is 0.200. The van der Waals surface area contributed by atoms with Gasteiger partial charge >= 0.3 is 0 Å². The number of hydrogen-bond acceptors (Lipinski definition) is 4. The molecular formula is C10H8Cl2N2O2. The zero-order chi connectivity index (χ0) is 11.7. The number of halogens is 2. The second kappa shape index (κ2) is 4.41. The van der Waals surface area contributed by atoms with Gasteiger partial charge in [-0.1, -0.05) is 34.4 Å². The molecule has 0 spiro atoms. The summed E-state index contributed by atoms with van der Waals surface area (Å²) < 4.78 is 4.98. The van der Waals surface area contributed by atoms with Gasteiger partial charge in [0.2, 0.25) is 0 Å². The molecule has 0 radical (unpaired) electrons. The number of aromatic nitrogens is 2. The fourth-order valence-corrected chi connectivity index (χ4v) is 1.77. The lowest BCUT2D eigenvalue weighted by atomic mass is 10.2. The van der Waals surface area contributed by atoms with Crippen molar-refractivity contribution < 1.29 is 9.63 Å². The molecule has 0 bridgehead atoms. The molecule has 2 rings (SSSR count). The van der Waals surface area contributed by atoms with E-state index in [1.165, 1.54) is 0 Å². The Morgan fingerprint density at radius 3 is 2.44 bits per heavy atom. The third-order valence-corrected chi connectivity index (χ3v) is 2.62. The van der Waals surface area contributed by atoms with Crippen LogP contribution in [-0.2, 0) is 0 Å². The van der Waals surface area contributed by atoms with E-state index in [-0.39, 0.29) is 11.7 Å². The third-order valence-electron chi connectivity index (χ3n) is 1.99. The van der Waals surface area contributed by atoms with Gasteiger partial charge in [-0.2, -0.15) is 4.98 Å². The van der Waals surface area contributed by atoms with Crippen LogP contribution in [0.4, 0.5) is 0 Å². The van der Waals surface area contributed by atoms with E-state index in [9.17, 15) is 5.11 Å². The van der Waals surface area contributed by atoms with Crippen LogP contribution in [0.2, 0.25) is 10.0 Å². The van der Waals surface area contributed by atoms with Gasteiger partial charge in [-0.25, -0.2) is 0 Å². The number of aliphatic hydroxyl groups excluding tert-OH is 1. The lowest BCUT2D eigenvalue weighted by Crippen LogP contribution is -1.93. The highest BCUT2D eigenvalue weighted by atomic mass is 35.5. The van der Waals surface area contributed by atoms with Crippen LogP contribution in [0.3, 0.4) is 0 Å². The minimum atomic E-state index is -0.793. The predicted octanol–water partition coefficient (Wildman–Crippen LogP) is 3.10. The molecule has 1 N–H and O–H groups in total. The first-order valence-corrected chi connectivity index (χ1v) is 5.31. The number of benzene rings is 1. The SMILES string of the molecule is CC(O)c1noc(-c2c(Cl)cccc2Cl)n1. The Balaban J connectivity index is 2.50. The highest BCUT2D eigenvalue weighted by Gasteiger charge is 2.17. The Kier molecular flexibility index (Phi) is 3.14. The first-order valence-electron chi connectivity index (χ1n) is 4.55. The molecule has 0 fully saturated rings. The molecule has 0 aliphatic carbocycles. The van der Waals surface area contributed by atoms with Crippen LogP contribution in [0.25, 0.3) is 11.5 Å². The first kappa shape index (κ1) is 11.4. The summed E-state index contributed by atoms with van der Waals surface area (Å²) in [4.78, 5) is 4.00. The Hall–Kier alpha value is -1.10. The van der Waals surface area contributed by atoms with Gasteiger partial charge in [0.05, 0.1) is 15.6 Å². The Morgan fingerprint density at radius 2 is 1.94 bits per heavy atom. The fourth-order valence-electron chi connectivity index (χ4n) is 1.21. The molecule has 4 nitrogen and oxygen atoms in total. The maximum atomic E-state index is 9.27. The van der Waals surface area contributed by atoms with Gasteiger partial charge in [-0.15, -0.1) is 0 Å². The highest BCUT2D eigenvalue weighted by Crippen LogP contribution is 2.33. The Morgan fingerprint density at radius 1 is 1.31 bits per heavy atom. The van der Waals surface area contributed by atoms with E-state index in [1.54, 1.807) is 25.1 Å². The summed E-state index contributed by atoms with van der Waals surface area (Å²) >= 11 is 12.0. The molecular weight excluding hydrogens is 251 g/mol. The van der Waals surface area contributed by atoms with Crippen LogP contribution >= 0.6 is 23.2 Å². The van der Waals surface area contributed by atoms with Crippen molar-refractivity contribution in [1.29, 1.82) is 0 Å². The molecule has 2 aromatic rings. The van der Waals surface area contributed by atoms with Gasteiger partial charge in [-0.3, -0.25) is 0 Å². The van der Waals surface area contributed by atoms with Crippen LogP contribution in [0.15, 0.2) is 22.7 Å². The molecule has 84 valence electrons. The molecule has 1 heterocycles. The molecule has 0 amide bonds. The molecule has 1 aromatic heterocycles. The van der Waals surface area contributed by atoms with Crippen molar-refractivity contribution in [2.45, 2.75) is 13.0 Å². The molecule has 1 unspecified atom stereocenters. The number of nitrogens with zero attached hydrogens (tertiary/aromatic N) is 2. The number of aliphatic hydroxyl groups is 1. The second-order valence-corrected chi connectivity index (χ2v) is 4.04. The quantitative estimate of drug-likeness (QED) is 0.900. The second-order valence-electron chi connectivity index (χ2n) is 3.23. The van der Waals surface area contributed by atoms with Crippen molar-refractivity contribution >= 4 is 23.2 Å². The maximum absolute atomic E-state index is 9.27. The largest absolute Gasteiger partial charge is 0.385 e. The molecule has 6 heteroatoms. The van der Waals surface area contributed by atoms with Gasteiger partial charge in [0, 0.05) is 0 Å². The number of hydrogen-bond donors (Lipinski definition) is 1. The van der Waals surface area contributed by atoms with Crippen LogP contribution in [0.1, 0.15) is 18.9 Å². The molecule has 0 saturated heterocycles. The van der Waals surface area contributed by atoms with Crippen LogP contribution in [0, 0.1) is 0 Å². The van der Waals surface area contributed by atoms with E-state index in [1.807, 2.05) is 0 Å². The van der Waals surface area contributed by atoms with E-state index in [2.05, 4.69) is 10.1 Å². The summed E-state index contributed by atoms with van der Waals surface area (Å²) in [5.41, 5.74) is 0.477. The third kappa shape index (κ3) is 2.04. The normalized spacial score (nSPS) is 12.8. The van der Waals surface area contributed by atoms with Gasteiger partial charge in [-0.05, 0) is 19.1 Å². The van der Waals surface area contributed by atoms with E-state index < -0.39 is 6.10 Å². The molecule has 1 atom stereocenters. The molecule has 0 saturated carbocycles. The van der Waals surface area contributed by atoms with E-state index in [4.69, 9.17) is 27.7 Å². The van der Waals surface area contributed by atoms with Crippen molar-refractivity contribution in [1.82, 2.24) is 10.1 Å². The standard InChI is InChI=1S/C10H8Cl2N2O2/c1-5(15)9-13-10(16-14-9)8-6(11)3-2-4-7(8)12/h2-5,15H,1H3. The topological polar surface area (TPSA) is 59.2 Å². The summed E-state index contributed by atoms with van der Waals surface area (Å²) in [5, 5.41) is 13.7. The summed E-state index contributed by atoms with van der Waals surface area (Å²) in [6.07, 6.45) is -0.793. The van der Waals surface area contributed by atoms with Crippen molar-refractivity contribution in [3.8, 4) is 11.5 Å². The van der Waals surface area contributed by atoms with Crippen LogP contribution in [-0.4, -0.2) is 15.2 Å². The summed E-state index contributed by atoms with van der Waals surface area (Å²) in [5.74, 6) is 0.400. The lowest BCUT2D eigenvalue weighted by Gasteiger charge is -2.00. The predicted molar refractivity (Wildman–Crippen MR) is 60.4 cm³/mol. The first-order chi connectivity index (χ1) is 7.59. The van der Waals surface area contributed by atoms with Gasteiger partial charge in [0.1, 0.15) is 6.10 Å². The maximum Gasteiger partial charge on any atom is 0.261 e. The minimum absolute atomic E-state index is 0.200. The summed E-state index contributed by atoms with van der Waals surface area (Å²) in [6, 6.07) is 5.07. The van der Waals surface area contributed by atoms with E-state index in [0.29, 0.717) is 15.6 Å². The molecule has 0 aliphatic heterocycles. The highest BCUT2D eigenvalue weighted by molar-refractivity contribution is 6.38. The van der Waals surface area contributed by atoms with Crippen molar-refractivity contribution in [2.24, 2.45) is 0 Å². The monoisotopic (exact) mass is 258 g/mol. The van der Waals surface area contributed by atoms with Crippen molar-refractivity contribution in [3.63, 3.8) is 0 Å². The van der Waals surface area contributed by atoms with Crippen LogP contribution < -0.4 is 0 Å². The van der Waals surface area contributed by atoms with E-state index in [0.717, 1.165) is 0 Å². The Bertz CT molecular complexity index is 491. The minimum Gasteiger partial charge on any atom is -0.385 e. The van der Waals surface area contributed by atoms with E-state index >= 15 is 0 Å². The van der Waals surface area contributed by atoms with Gasteiger partial charge < -0.3 is 9.63 Å².